The van der Waals surface area contributed by atoms with Gasteiger partial charge in [0, 0.05) is 10.2 Å². The van der Waals surface area contributed by atoms with Crippen molar-refractivity contribution in [3.63, 3.8) is 0 Å². The summed E-state index contributed by atoms with van der Waals surface area (Å²) in [5.41, 5.74) is 1.78. The number of imide groups is 1. The Morgan fingerprint density at radius 2 is 1.81 bits per heavy atom. The maximum absolute atomic E-state index is 12.7. The van der Waals surface area contributed by atoms with Crippen LogP contribution in [0.2, 0.25) is 0 Å². The van der Waals surface area contributed by atoms with Crippen LogP contribution in [0, 0.1) is 13.8 Å². The summed E-state index contributed by atoms with van der Waals surface area (Å²) in [5.74, 6) is -2.44. The van der Waals surface area contributed by atoms with E-state index < -0.39 is 30.3 Å². The molecule has 0 radical (unpaired) electrons. The van der Waals surface area contributed by atoms with Crippen LogP contribution in [-0.2, 0) is 9.53 Å². The molecule has 1 aromatic heterocycles. The Morgan fingerprint density at radius 3 is 2.50 bits per heavy atom. The standard InChI is InChI=1S/C21H15BrN4O5S/c1-10-7-13(4-6-16(10)22)23-17(27)9-31-20(30)12-3-5-14-15(8-12)19(29)26(18(14)28)21-25-24-11(2)32-21/h3-8H,9H2,1-2H3,(H,23,27). The molecule has 11 heteroatoms. The fourth-order valence-electron chi connectivity index (χ4n) is 3.05. The number of amides is 3. The second-order valence-corrected chi connectivity index (χ2v) is 8.91. The van der Waals surface area contributed by atoms with Crippen molar-refractivity contribution in [1.82, 2.24) is 10.2 Å². The quantitative estimate of drug-likeness (QED) is 0.408. The van der Waals surface area contributed by atoms with Crippen molar-refractivity contribution in [2.75, 3.05) is 16.8 Å². The molecule has 0 bridgehead atoms. The topological polar surface area (TPSA) is 119 Å². The van der Waals surface area contributed by atoms with E-state index in [1.54, 1.807) is 25.1 Å². The lowest BCUT2D eigenvalue weighted by Gasteiger charge is -2.08. The monoisotopic (exact) mass is 514 g/mol. The number of aryl methyl sites for hydroxylation is 2. The molecule has 1 N–H and O–H groups in total. The Hall–Kier alpha value is -3.44. The molecule has 9 nitrogen and oxygen atoms in total. The zero-order valence-electron chi connectivity index (χ0n) is 16.8. The third-order valence-electron chi connectivity index (χ3n) is 4.60. The maximum Gasteiger partial charge on any atom is 0.338 e. The number of anilines is 2. The number of ether oxygens (including phenoxy) is 1. The van der Waals surface area contributed by atoms with Crippen LogP contribution in [0.3, 0.4) is 0 Å². The van der Waals surface area contributed by atoms with Crippen molar-refractivity contribution >= 4 is 61.8 Å². The fourth-order valence-corrected chi connectivity index (χ4v) is 3.98. The highest BCUT2D eigenvalue weighted by molar-refractivity contribution is 9.10. The number of carbonyl (C=O) groups excluding carboxylic acids is 4. The van der Waals surface area contributed by atoms with Gasteiger partial charge in [0.15, 0.2) is 6.61 Å². The first-order chi connectivity index (χ1) is 15.2. The molecular weight excluding hydrogens is 500 g/mol. The number of benzene rings is 2. The Labute approximate surface area is 194 Å². The molecule has 4 rings (SSSR count). The predicted octanol–water partition coefficient (Wildman–Crippen LogP) is 3.51. The summed E-state index contributed by atoms with van der Waals surface area (Å²) in [5, 5.41) is 11.1. The zero-order chi connectivity index (χ0) is 23.0. The molecule has 0 saturated heterocycles. The fraction of sp³-hybridized carbons (Fsp3) is 0.143. The van der Waals surface area contributed by atoms with Crippen molar-refractivity contribution in [1.29, 1.82) is 0 Å². The van der Waals surface area contributed by atoms with Gasteiger partial charge in [0.25, 0.3) is 17.7 Å². The first-order valence-electron chi connectivity index (χ1n) is 9.30. The number of nitrogens with zero attached hydrogens (tertiary/aromatic N) is 3. The average molecular weight is 515 g/mol. The number of hydrogen-bond acceptors (Lipinski definition) is 8. The molecule has 32 heavy (non-hydrogen) atoms. The summed E-state index contributed by atoms with van der Waals surface area (Å²) < 4.78 is 5.97. The zero-order valence-corrected chi connectivity index (χ0v) is 19.2. The molecule has 0 saturated carbocycles. The minimum absolute atomic E-state index is 0.0486. The number of hydrogen-bond donors (Lipinski definition) is 1. The minimum atomic E-state index is -0.791. The molecule has 0 spiro atoms. The number of nitrogens with one attached hydrogen (secondary N) is 1. The van der Waals surface area contributed by atoms with Gasteiger partial charge in [0.1, 0.15) is 5.01 Å². The van der Waals surface area contributed by atoms with Gasteiger partial charge >= 0.3 is 5.97 Å². The van der Waals surface area contributed by atoms with Gasteiger partial charge in [0.2, 0.25) is 5.13 Å². The number of carbonyl (C=O) groups is 4. The van der Waals surface area contributed by atoms with Crippen molar-refractivity contribution in [3.8, 4) is 0 Å². The van der Waals surface area contributed by atoms with Crippen molar-refractivity contribution < 1.29 is 23.9 Å². The molecule has 3 amide bonds. The van der Waals surface area contributed by atoms with Crippen molar-refractivity contribution in [2.45, 2.75) is 13.8 Å². The molecule has 162 valence electrons. The number of rotatable bonds is 5. The second kappa shape index (κ2) is 8.60. The molecule has 2 aromatic carbocycles. The van der Waals surface area contributed by atoms with E-state index in [0.717, 1.165) is 26.3 Å². The van der Waals surface area contributed by atoms with Gasteiger partial charge in [-0.15, -0.1) is 10.2 Å². The van der Waals surface area contributed by atoms with Crippen molar-refractivity contribution in [3.05, 3.63) is 68.1 Å². The normalized spacial score (nSPS) is 12.7. The first-order valence-corrected chi connectivity index (χ1v) is 10.9. The number of aromatic nitrogens is 2. The lowest BCUT2D eigenvalue weighted by molar-refractivity contribution is -0.119. The summed E-state index contributed by atoms with van der Waals surface area (Å²) in [7, 11) is 0. The molecule has 0 fully saturated rings. The van der Waals surface area contributed by atoms with Crippen LogP contribution in [0.5, 0.6) is 0 Å². The van der Waals surface area contributed by atoms with Crippen LogP contribution >= 0.6 is 27.3 Å². The van der Waals surface area contributed by atoms with E-state index in [1.165, 1.54) is 18.2 Å². The van der Waals surface area contributed by atoms with Crippen LogP contribution in [0.25, 0.3) is 0 Å². The van der Waals surface area contributed by atoms with Gasteiger partial charge in [-0.3, -0.25) is 14.4 Å². The second-order valence-electron chi connectivity index (χ2n) is 6.90. The van der Waals surface area contributed by atoms with E-state index in [-0.39, 0.29) is 21.8 Å². The summed E-state index contributed by atoms with van der Waals surface area (Å²) in [6.07, 6.45) is 0. The number of halogens is 1. The number of esters is 1. The third kappa shape index (κ3) is 4.16. The molecule has 3 aromatic rings. The summed E-state index contributed by atoms with van der Waals surface area (Å²) in [6, 6.07) is 9.32. The highest BCUT2D eigenvalue weighted by Gasteiger charge is 2.39. The van der Waals surface area contributed by atoms with E-state index >= 15 is 0 Å². The smallest absolute Gasteiger partial charge is 0.338 e. The lowest BCUT2D eigenvalue weighted by Crippen LogP contribution is -2.29. The molecule has 0 atom stereocenters. The van der Waals surface area contributed by atoms with Crippen molar-refractivity contribution in [2.24, 2.45) is 0 Å². The lowest BCUT2D eigenvalue weighted by atomic mass is 10.1. The highest BCUT2D eigenvalue weighted by Crippen LogP contribution is 2.31. The molecule has 2 heterocycles. The molecule has 1 aliphatic rings. The average Bonchev–Trinajstić information content (AvgIpc) is 3.29. The van der Waals surface area contributed by atoms with Gasteiger partial charge in [-0.25, -0.2) is 9.69 Å². The van der Waals surface area contributed by atoms with E-state index in [1.807, 2.05) is 6.92 Å². The maximum atomic E-state index is 12.7. The molecule has 0 aliphatic carbocycles. The third-order valence-corrected chi connectivity index (χ3v) is 6.32. The minimum Gasteiger partial charge on any atom is -0.452 e. The molecule has 0 unspecified atom stereocenters. The van der Waals surface area contributed by atoms with Crippen LogP contribution < -0.4 is 10.2 Å². The summed E-state index contributed by atoms with van der Waals surface area (Å²) >= 11 is 4.49. The van der Waals surface area contributed by atoms with E-state index in [2.05, 4.69) is 31.4 Å². The van der Waals surface area contributed by atoms with E-state index in [0.29, 0.717) is 10.7 Å². The van der Waals surface area contributed by atoms with Crippen LogP contribution in [0.1, 0.15) is 41.6 Å². The van der Waals surface area contributed by atoms with Crippen LogP contribution in [-0.4, -0.2) is 40.5 Å². The van der Waals surface area contributed by atoms with Crippen LogP contribution in [0.15, 0.2) is 40.9 Å². The Balaban J connectivity index is 1.43. The first kappa shape index (κ1) is 21.8. The predicted molar refractivity (Wildman–Crippen MR) is 120 cm³/mol. The van der Waals surface area contributed by atoms with Gasteiger partial charge in [-0.1, -0.05) is 27.3 Å². The van der Waals surface area contributed by atoms with Gasteiger partial charge in [0.05, 0.1) is 16.7 Å². The van der Waals surface area contributed by atoms with Gasteiger partial charge in [-0.2, -0.15) is 0 Å². The highest BCUT2D eigenvalue weighted by atomic mass is 79.9. The SMILES string of the molecule is Cc1nnc(N2C(=O)c3ccc(C(=O)OCC(=O)Nc4ccc(Br)c(C)c4)cc3C2=O)s1. The van der Waals surface area contributed by atoms with Crippen LogP contribution in [0.4, 0.5) is 10.8 Å². The summed E-state index contributed by atoms with van der Waals surface area (Å²) in [6.45, 7) is 3.09. The van der Waals surface area contributed by atoms with E-state index in [4.69, 9.17) is 4.74 Å². The van der Waals surface area contributed by atoms with Gasteiger partial charge in [-0.05, 0) is 55.8 Å². The number of fused-ring (bicyclic) bond motifs is 1. The Morgan fingerprint density at radius 1 is 1.06 bits per heavy atom. The van der Waals surface area contributed by atoms with E-state index in [9.17, 15) is 19.2 Å². The van der Waals surface area contributed by atoms with Gasteiger partial charge < -0.3 is 10.1 Å². The molecule has 1 aliphatic heterocycles. The molecular formula is C21H15BrN4O5S. The largest absolute Gasteiger partial charge is 0.452 e. The Bertz CT molecular complexity index is 1290. The summed E-state index contributed by atoms with van der Waals surface area (Å²) in [4.78, 5) is 50.8. The Kier molecular flexibility index (Phi) is 5.85.